The van der Waals surface area contributed by atoms with E-state index in [0.717, 1.165) is 18.5 Å². The first-order valence-corrected chi connectivity index (χ1v) is 7.23. The van der Waals surface area contributed by atoms with Crippen molar-refractivity contribution in [2.24, 2.45) is 0 Å². The molecule has 0 bridgehead atoms. The first-order chi connectivity index (χ1) is 8.77. The minimum absolute atomic E-state index is 0.522. The van der Waals surface area contributed by atoms with Gasteiger partial charge in [-0.2, -0.15) is 11.3 Å². The number of aliphatic hydroxyl groups is 1. The number of hydrogen-bond acceptors (Lipinski definition) is 3. The van der Waals surface area contributed by atoms with E-state index in [1.165, 1.54) is 5.56 Å². The van der Waals surface area contributed by atoms with E-state index in [9.17, 15) is 5.11 Å². The number of halogens is 1. The molecule has 1 aromatic carbocycles. The van der Waals surface area contributed by atoms with Gasteiger partial charge in [-0.05, 0) is 41.4 Å². The molecular formula is C14H16ClNOS. The van der Waals surface area contributed by atoms with Gasteiger partial charge in [0.25, 0.3) is 0 Å². The van der Waals surface area contributed by atoms with Gasteiger partial charge in [0.1, 0.15) is 0 Å². The molecule has 1 atom stereocenters. The quantitative estimate of drug-likeness (QED) is 0.797. The summed E-state index contributed by atoms with van der Waals surface area (Å²) in [7, 11) is 0. The van der Waals surface area contributed by atoms with Crippen LogP contribution in [0.2, 0.25) is 5.02 Å². The molecule has 1 aromatic heterocycles. The Balaban J connectivity index is 1.75. The molecule has 2 rings (SSSR count). The van der Waals surface area contributed by atoms with Gasteiger partial charge in [-0.3, -0.25) is 0 Å². The number of thiophene rings is 1. The second kappa shape index (κ2) is 6.90. The summed E-state index contributed by atoms with van der Waals surface area (Å²) in [4.78, 5) is 0. The SMILES string of the molecule is OC(CNCCc1ccsc1)c1ccccc1Cl. The third kappa shape index (κ3) is 3.82. The largest absolute Gasteiger partial charge is 0.387 e. The predicted octanol–water partition coefficient (Wildman–Crippen LogP) is 3.27. The molecular weight excluding hydrogens is 266 g/mol. The summed E-state index contributed by atoms with van der Waals surface area (Å²) >= 11 is 7.73. The van der Waals surface area contributed by atoms with Gasteiger partial charge in [-0.1, -0.05) is 29.8 Å². The molecule has 0 fully saturated rings. The summed E-state index contributed by atoms with van der Waals surface area (Å²) in [5.41, 5.74) is 2.11. The maximum Gasteiger partial charge on any atom is 0.0928 e. The van der Waals surface area contributed by atoms with Crippen LogP contribution in [0.3, 0.4) is 0 Å². The van der Waals surface area contributed by atoms with E-state index in [1.54, 1.807) is 17.4 Å². The zero-order valence-electron chi connectivity index (χ0n) is 9.97. The van der Waals surface area contributed by atoms with Gasteiger partial charge in [0, 0.05) is 17.1 Å². The maximum atomic E-state index is 10.0. The molecule has 1 heterocycles. The topological polar surface area (TPSA) is 32.3 Å². The van der Waals surface area contributed by atoms with Crippen molar-refractivity contribution in [3.63, 3.8) is 0 Å². The number of rotatable bonds is 6. The summed E-state index contributed by atoms with van der Waals surface area (Å²) in [6, 6.07) is 9.52. The van der Waals surface area contributed by atoms with Crippen molar-refractivity contribution in [2.45, 2.75) is 12.5 Å². The van der Waals surface area contributed by atoms with E-state index in [2.05, 4.69) is 22.1 Å². The molecule has 2 nitrogen and oxygen atoms in total. The van der Waals surface area contributed by atoms with Crippen molar-refractivity contribution < 1.29 is 5.11 Å². The van der Waals surface area contributed by atoms with Crippen LogP contribution in [0.15, 0.2) is 41.1 Å². The van der Waals surface area contributed by atoms with E-state index in [4.69, 9.17) is 11.6 Å². The molecule has 0 spiro atoms. The highest BCUT2D eigenvalue weighted by Crippen LogP contribution is 2.21. The second-order valence-electron chi connectivity index (χ2n) is 4.12. The van der Waals surface area contributed by atoms with E-state index in [0.29, 0.717) is 11.6 Å². The smallest absolute Gasteiger partial charge is 0.0928 e. The molecule has 0 aliphatic rings. The van der Waals surface area contributed by atoms with Gasteiger partial charge >= 0.3 is 0 Å². The fourth-order valence-corrected chi connectivity index (χ4v) is 2.73. The summed E-state index contributed by atoms with van der Waals surface area (Å²) < 4.78 is 0. The van der Waals surface area contributed by atoms with E-state index < -0.39 is 6.10 Å². The zero-order chi connectivity index (χ0) is 12.8. The van der Waals surface area contributed by atoms with Crippen LogP contribution in [0.4, 0.5) is 0 Å². The molecule has 0 radical (unpaired) electrons. The summed E-state index contributed by atoms with van der Waals surface area (Å²) in [5.74, 6) is 0. The molecule has 0 amide bonds. The van der Waals surface area contributed by atoms with Gasteiger partial charge in [-0.25, -0.2) is 0 Å². The van der Waals surface area contributed by atoms with Crippen molar-refractivity contribution >= 4 is 22.9 Å². The molecule has 18 heavy (non-hydrogen) atoms. The molecule has 0 saturated heterocycles. The van der Waals surface area contributed by atoms with Crippen LogP contribution in [0, 0.1) is 0 Å². The minimum atomic E-state index is -0.554. The van der Waals surface area contributed by atoms with E-state index in [1.807, 2.05) is 18.2 Å². The minimum Gasteiger partial charge on any atom is -0.387 e. The Kier molecular flexibility index (Phi) is 5.20. The third-order valence-electron chi connectivity index (χ3n) is 2.77. The lowest BCUT2D eigenvalue weighted by Gasteiger charge is -2.13. The first kappa shape index (κ1) is 13.6. The van der Waals surface area contributed by atoms with Gasteiger partial charge in [0.15, 0.2) is 0 Å². The Hall–Kier alpha value is -0.870. The average molecular weight is 282 g/mol. The van der Waals surface area contributed by atoms with E-state index >= 15 is 0 Å². The van der Waals surface area contributed by atoms with Crippen LogP contribution in [-0.4, -0.2) is 18.2 Å². The standard InChI is InChI=1S/C14H16ClNOS/c15-13-4-2-1-3-12(13)14(17)9-16-7-5-11-6-8-18-10-11/h1-4,6,8,10,14,16-17H,5,7,9H2. The number of nitrogens with one attached hydrogen (secondary N) is 1. The van der Waals surface area contributed by atoms with Crippen LogP contribution in [0.25, 0.3) is 0 Å². The zero-order valence-corrected chi connectivity index (χ0v) is 11.5. The highest BCUT2D eigenvalue weighted by Gasteiger charge is 2.09. The summed E-state index contributed by atoms with van der Waals surface area (Å²) in [5, 5.41) is 18.1. The summed E-state index contributed by atoms with van der Waals surface area (Å²) in [6.45, 7) is 1.38. The van der Waals surface area contributed by atoms with Crippen LogP contribution in [0.5, 0.6) is 0 Å². The Morgan fingerprint density at radius 2 is 2.11 bits per heavy atom. The number of aliphatic hydroxyl groups excluding tert-OH is 1. The second-order valence-corrected chi connectivity index (χ2v) is 5.31. The van der Waals surface area contributed by atoms with Crippen LogP contribution >= 0.6 is 22.9 Å². The monoisotopic (exact) mass is 281 g/mol. The fraction of sp³-hybridized carbons (Fsp3) is 0.286. The lowest BCUT2D eigenvalue weighted by molar-refractivity contribution is 0.175. The molecule has 0 aliphatic heterocycles. The molecule has 2 aromatic rings. The van der Waals surface area contributed by atoms with Crippen molar-refractivity contribution in [3.05, 3.63) is 57.2 Å². The average Bonchev–Trinajstić information content (AvgIpc) is 2.88. The van der Waals surface area contributed by atoms with Gasteiger partial charge < -0.3 is 10.4 Å². The van der Waals surface area contributed by atoms with Crippen molar-refractivity contribution in [1.82, 2.24) is 5.32 Å². The van der Waals surface area contributed by atoms with Crippen molar-refractivity contribution in [1.29, 1.82) is 0 Å². The number of hydrogen-bond donors (Lipinski definition) is 2. The van der Waals surface area contributed by atoms with Crippen molar-refractivity contribution in [3.8, 4) is 0 Å². The molecule has 2 N–H and O–H groups in total. The third-order valence-corrected chi connectivity index (χ3v) is 3.85. The Morgan fingerprint density at radius 1 is 1.28 bits per heavy atom. The van der Waals surface area contributed by atoms with Crippen LogP contribution in [-0.2, 0) is 6.42 Å². The molecule has 4 heteroatoms. The van der Waals surface area contributed by atoms with Crippen molar-refractivity contribution in [2.75, 3.05) is 13.1 Å². The van der Waals surface area contributed by atoms with Gasteiger partial charge in [-0.15, -0.1) is 0 Å². The highest BCUT2D eigenvalue weighted by atomic mass is 35.5. The Labute approximate surface area is 116 Å². The lowest BCUT2D eigenvalue weighted by atomic mass is 10.1. The Bertz CT molecular complexity index is 472. The lowest BCUT2D eigenvalue weighted by Crippen LogP contribution is -2.23. The van der Waals surface area contributed by atoms with Crippen LogP contribution in [0.1, 0.15) is 17.2 Å². The normalized spacial score (nSPS) is 12.6. The highest BCUT2D eigenvalue weighted by molar-refractivity contribution is 7.07. The molecule has 0 saturated carbocycles. The molecule has 0 aliphatic carbocycles. The Morgan fingerprint density at radius 3 is 2.83 bits per heavy atom. The molecule has 96 valence electrons. The predicted molar refractivity (Wildman–Crippen MR) is 77.3 cm³/mol. The van der Waals surface area contributed by atoms with Gasteiger partial charge in [0.2, 0.25) is 0 Å². The van der Waals surface area contributed by atoms with E-state index in [-0.39, 0.29) is 0 Å². The maximum absolute atomic E-state index is 10.0. The first-order valence-electron chi connectivity index (χ1n) is 5.91. The fourth-order valence-electron chi connectivity index (χ4n) is 1.76. The summed E-state index contributed by atoms with van der Waals surface area (Å²) in [6.07, 6.45) is 0.430. The number of benzene rings is 1. The van der Waals surface area contributed by atoms with Crippen LogP contribution < -0.4 is 5.32 Å². The molecule has 1 unspecified atom stereocenters. The van der Waals surface area contributed by atoms with Gasteiger partial charge in [0.05, 0.1) is 6.10 Å².